The van der Waals surface area contributed by atoms with Crippen molar-refractivity contribution in [3.8, 4) is 0 Å². The molecule has 2 atom stereocenters. The van der Waals surface area contributed by atoms with E-state index in [9.17, 15) is 0 Å². The summed E-state index contributed by atoms with van der Waals surface area (Å²) >= 11 is 6.67. The van der Waals surface area contributed by atoms with E-state index in [-0.39, 0.29) is 17.5 Å². The van der Waals surface area contributed by atoms with E-state index >= 15 is 0 Å². The minimum Gasteiger partial charge on any atom is -0.363 e. The monoisotopic (exact) mass is 446 g/mol. The molecule has 0 fully saturated rings. The molecule has 2 aliphatic heterocycles. The first-order chi connectivity index (χ1) is 15.3. The number of amidine groups is 2. The Morgan fingerprint density at radius 1 is 0.906 bits per heavy atom. The fourth-order valence-electron chi connectivity index (χ4n) is 4.16. The van der Waals surface area contributed by atoms with Crippen LogP contribution in [0.2, 0.25) is 0 Å². The van der Waals surface area contributed by atoms with Crippen molar-refractivity contribution in [1.82, 2.24) is 10.6 Å². The largest absolute Gasteiger partial charge is 0.363 e. The molecule has 0 saturated carbocycles. The van der Waals surface area contributed by atoms with Gasteiger partial charge in [-0.2, -0.15) is 0 Å². The van der Waals surface area contributed by atoms with E-state index in [4.69, 9.17) is 16.6 Å². The summed E-state index contributed by atoms with van der Waals surface area (Å²) in [5.41, 5.74) is 3.06. The lowest BCUT2D eigenvalue weighted by atomic mass is 9.78. The average Bonchev–Trinajstić information content (AvgIpc) is 2.80. The molecule has 0 bridgehead atoms. The van der Waals surface area contributed by atoms with Gasteiger partial charge < -0.3 is 10.6 Å². The zero-order chi connectivity index (χ0) is 22.7. The number of nitrogens with one attached hydrogen (secondary N) is 2. The van der Waals surface area contributed by atoms with Gasteiger partial charge in [0.2, 0.25) is 0 Å². The van der Waals surface area contributed by atoms with Gasteiger partial charge in [0.1, 0.15) is 11.7 Å². The Morgan fingerprint density at radius 2 is 1.50 bits per heavy atom. The molecule has 32 heavy (non-hydrogen) atoms. The second-order valence-corrected chi connectivity index (χ2v) is 9.94. The van der Waals surface area contributed by atoms with Crippen LogP contribution >= 0.6 is 11.6 Å². The summed E-state index contributed by atoms with van der Waals surface area (Å²) in [5, 5.41) is 7.91. The van der Waals surface area contributed by atoms with Gasteiger partial charge in [0.05, 0.1) is 17.1 Å². The van der Waals surface area contributed by atoms with E-state index in [1.54, 1.807) is 6.20 Å². The Labute approximate surface area is 196 Å². The van der Waals surface area contributed by atoms with E-state index in [1.165, 1.54) is 0 Å². The quantitative estimate of drug-likeness (QED) is 0.583. The molecule has 0 aromatic heterocycles. The van der Waals surface area contributed by atoms with Crippen LogP contribution in [0.15, 0.2) is 93.7 Å². The third kappa shape index (κ3) is 4.97. The maximum Gasteiger partial charge on any atom is 0.133 e. The average molecular weight is 447 g/mol. The van der Waals surface area contributed by atoms with Gasteiger partial charge in [0, 0.05) is 23.0 Å². The lowest BCUT2D eigenvalue weighted by Crippen LogP contribution is -2.48. The SMILES string of the molecule is CC(C)C1C=C(CC(C)(C)C2NC(c3ccccc3)=NC=C2Cl)N=C(c2ccccc2)N1. The molecule has 2 aromatic rings. The van der Waals surface area contributed by atoms with Crippen LogP contribution in [-0.2, 0) is 0 Å². The van der Waals surface area contributed by atoms with Crippen molar-refractivity contribution in [1.29, 1.82) is 0 Å². The van der Waals surface area contributed by atoms with Crippen LogP contribution < -0.4 is 10.6 Å². The Kier molecular flexibility index (Phi) is 6.52. The van der Waals surface area contributed by atoms with Gasteiger partial charge in [-0.3, -0.25) is 0 Å². The maximum atomic E-state index is 6.67. The number of aliphatic imine (C=N–C) groups is 2. The van der Waals surface area contributed by atoms with Crippen LogP contribution in [0.5, 0.6) is 0 Å². The summed E-state index contributed by atoms with van der Waals surface area (Å²) in [5.74, 6) is 2.23. The molecule has 2 aromatic carbocycles. The summed E-state index contributed by atoms with van der Waals surface area (Å²) in [6.45, 7) is 8.94. The van der Waals surface area contributed by atoms with Crippen molar-refractivity contribution in [3.63, 3.8) is 0 Å². The third-order valence-corrected chi connectivity index (χ3v) is 6.35. The molecule has 166 valence electrons. The van der Waals surface area contributed by atoms with Crippen molar-refractivity contribution in [2.24, 2.45) is 21.3 Å². The lowest BCUT2D eigenvalue weighted by Gasteiger charge is -2.38. The number of halogens is 1. The second-order valence-electron chi connectivity index (χ2n) is 9.50. The van der Waals surface area contributed by atoms with E-state index in [0.717, 1.165) is 39.9 Å². The Morgan fingerprint density at radius 3 is 2.09 bits per heavy atom. The van der Waals surface area contributed by atoms with Crippen LogP contribution in [0.25, 0.3) is 0 Å². The minimum absolute atomic E-state index is 0.0551. The van der Waals surface area contributed by atoms with Gasteiger partial charge in [-0.15, -0.1) is 0 Å². The normalized spacial score (nSPS) is 21.1. The molecule has 2 unspecified atom stereocenters. The van der Waals surface area contributed by atoms with Gasteiger partial charge in [-0.05, 0) is 23.8 Å². The minimum atomic E-state index is -0.181. The van der Waals surface area contributed by atoms with Crippen molar-refractivity contribution >= 4 is 23.3 Å². The highest BCUT2D eigenvalue weighted by Crippen LogP contribution is 2.37. The number of rotatable bonds is 6. The van der Waals surface area contributed by atoms with E-state index in [1.807, 2.05) is 36.4 Å². The van der Waals surface area contributed by atoms with Crippen LogP contribution in [-0.4, -0.2) is 23.8 Å². The Balaban J connectivity index is 1.59. The molecule has 4 nitrogen and oxygen atoms in total. The molecule has 2 heterocycles. The number of hydrogen-bond donors (Lipinski definition) is 2. The maximum absolute atomic E-state index is 6.67. The molecule has 5 heteroatoms. The van der Waals surface area contributed by atoms with Gasteiger partial charge >= 0.3 is 0 Å². The zero-order valence-electron chi connectivity index (χ0n) is 19.1. The first-order valence-corrected chi connectivity index (χ1v) is 11.6. The van der Waals surface area contributed by atoms with Gasteiger partial charge in [0.15, 0.2) is 0 Å². The zero-order valence-corrected chi connectivity index (χ0v) is 19.9. The van der Waals surface area contributed by atoms with Crippen LogP contribution in [0.3, 0.4) is 0 Å². The highest BCUT2D eigenvalue weighted by Gasteiger charge is 2.36. The Bertz CT molecular complexity index is 1070. The van der Waals surface area contributed by atoms with Crippen molar-refractivity contribution in [2.45, 2.75) is 46.2 Å². The number of benzene rings is 2. The fraction of sp³-hybridized carbons (Fsp3) is 0.333. The van der Waals surface area contributed by atoms with Gasteiger partial charge in [-0.25, -0.2) is 9.98 Å². The molecule has 0 spiro atoms. The summed E-state index contributed by atoms with van der Waals surface area (Å²) in [6.07, 6.45) is 4.84. The molecule has 4 rings (SSSR count). The predicted octanol–water partition coefficient (Wildman–Crippen LogP) is 5.86. The number of allylic oxidation sites excluding steroid dienone is 1. The summed E-state index contributed by atoms with van der Waals surface area (Å²) < 4.78 is 0. The van der Waals surface area contributed by atoms with E-state index < -0.39 is 0 Å². The number of nitrogens with zero attached hydrogens (tertiary/aromatic N) is 2. The highest BCUT2D eigenvalue weighted by molar-refractivity contribution is 6.31. The lowest BCUT2D eigenvalue weighted by molar-refractivity contribution is 0.294. The smallest absolute Gasteiger partial charge is 0.133 e. The summed E-state index contributed by atoms with van der Waals surface area (Å²) in [4.78, 5) is 9.55. The molecular formula is C27H31ClN4. The fourth-order valence-corrected chi connectivity index (χ4v) is 4.56. The van der Waals surface area contributed by atoms with E-state index in [2.05, 4.69) is 73.7 Å². The van der Waals surface area contributed by atoms with Gasteiger partial charge in [0.25, 0.3) is 0 Å². The molecule has 2 N–H and O–H groups in total. The van der Waals surface area contributed by atoms with Crippen LogP contribution in [0.4, 0.5) is 0 Å². The van der Waals surface area contributed by atoms with Crippen molar-refractivity contribution < 1.29 is 0 Å². The van der Waals surface area contributed by atoms with Crippen molar-refractivity contribution in [2.75, 3.05) is 0 Å². The number of hydrogen-bond acceptors (Lipinski definition) is 4. The van der Waals surface area contributed by atoms with E-state index in [0.29, 0.717) is 5.92 Å². The standard InChI is InChI=1S/C27H31ClN4/c1-18(2)23-15-21(30-26(31-23)20-13-9-6-10-14-20)16-27(3,4)24-22(28)17-29-25(32-24)19-11-7-5-8-12-19/h5-15,17-18,23-24H,16H2,1-4H3,(H,29,32)(H,30,31). The first kappa shape index (κ1) is 22.3. The molecule has 2 aliphatic rings. The second kappa shape index (κ2) is 9.33. The van der Waals surface area contributed by atoms with Crippen LogP contribution in [0.1, 0.15) is 45.2 Å². The molecule has 0 aliphatic carbocycles. The van der Waals surface area contributed by atoms with Crippen LogP contribution in [0, 0.1) is 11.3 Å². The predicted molar refractivity (Wildman–Crippen MR) is 135 cm³/mol. The Hall–Kier alpha value is -2.85. The third-order valence-electron chi connectivity index (χ3n) is 6.04. The highest BCUT2D eigenvalue weighted by atomic mass is 35.5. The summed E-state index contributed by atoms with van der Waals surface area (Å²) in [7, 11) is 0. The molecule has 0 saturated heterocycles. The molecule has 0 amide bonds. The first-order valence-electron chi connectivity index (χ1n) is 11.2. The molecular weight excluding hydrogens is 416 g/mol. The van der Waals surface area contributed by atoms with Crippen molar-refractivity contribution in [3.05, 3.63) is 94.8 Å². The van der Waals surface area contributed by atoms with Gasteiger partial charge in [-0.1, -0.05) is 100.0 Å². The topological polar surface area (TPSA) is 48.8 Å². The molecule has 0 radical (unpaired) electrons. The summed E-state index contributed by atoms with van der Waals surface area (Å²) in [6, 6.07) is 20.7.